The Morgan fingerprint density at radius 1 is 1.21 bits per heavy atom. The highest BCUT2D eigenvalue weighted by Gasteiger charge is 2.26. The van der Waals surface area contributed by atoms with Gasteiger partial charge in [0.1, 0.15) is 0 Å². The number of hydrogen-bond donors (Lipinski definition) is 0. The average molecular weight is 195 g/mol. The molecule has 1 heteroatoms. The molecule has 0 saturated heterocycles. The first kappa shape index (κ1) is 11.8. The van der Waals surface area contributed by atoms with E-state index in [-0.39, 0.29) is 0 Å². The van der Waals surface area contributed by atoms with Gasteiger partial charge in [-0.15, -0.1) is 0 Å². The minimum atomic E-state index is 0.362. The second kappa shape index (κ2) is 4.06. The molecule has 0 spiro atoms. The molecule has 0 atom stereocenters. The normalized spacial score (nSPS) is 20.8. The Morgan fingerprint density at radius 3 is 2.21 bits per heavy atom. The molecule has 0 aromatic heterocycles. The van der Waals surface area contributed by atoms with Gasteiger partial charge in [0.2, 0.25) is 0 Å². The molecular weight excluding hydrogens is 170 g/mol. The average Bonchev–Trinajstić information content (AvgIpc) is 2.01. The third-order valence-corrected chi connectivity index (χ3v) is 3.17. The van der Waals surface area contributed by atoms with Crippen molar-refractivity contribution in [3.05, 3.63) is 11.1 Å². The van der Waals surface area contributed by atoms with Crippen LogP contribution in [0.15, 0.2) is 11.1 Å². The lowest BCUT2D eigenvalue weighted by Gasteiger charge is -2.36. The summed E-state index contributed by atoms with van der Waals surface area (Å²) in [6.45, 7) is 14.1. The van der Waals surface area contributed by atoms with Gasteiger partial charge in [-0.2, -0.15) is 0 Å². The van der Waals surface area contributed by atoms with E-state index in [2.05, 4.69) is 46.6 Å². The lowest BCUT2D eigenvalue weighted by molar-refractivity contribution is 0.307. The summed E-state index contributed by atoms with van der Waals surface area (Å²) in [5.41, 5.74) is 3.73. The van der Waals surface area contributed by atoms with Gasteiger partial charge < -0.3 is 4.90 Å². The van der Waals surface area contributed by atoms with Crippen molar-refractivity contribution in [2.45, 2.75) is 41.0 Å². The predicted molar refractivity (Wildman–Crippen MR) is 63.4 cm³/mol. The minimum absolute atomic E-state index is 0.362. The predicted octanol–water partition coefficient (Wildman–Crippen LogP) is 3.32. The van der Waals surface area contributed by atoms with Crippen LogP contribution in [0, 0.1) is 11.3 Å². The van der Waals surface area contributed by atoms with Gasteiger partial charge in [-0.05, 0) is 24.8 Å². The molecule has 0 aliphatic carbocycles. The summed E-state index contributed by atoms with van der Waals surface area (Å²) in [6.07, 6.45) is 1.26. The Balaban J connectivity index is 3.00. The van der Waals surface area contributed by atoms with Gasteiger partial charge in [-0.3, -0.25) is 0 Å². The molecule has 1 rings (SSSR count). The highest BCUT2D eigenvalue weighted by Crippen LogP contribution is 2.36. The molecule has 0 radical (unpaired) electrons. The van der Waals surface area contributed by atoms with E-state index in [1.54, 1.807) is 11.1 Å². The lowest BCUT2D eigenvalue weighted by Crippen LogP contribution is -2.33. The first-order chi connectivity index (χ1) is 6.32. The van der Waals surface area contributed by atoms with Crippen LogP contribution in [-0.2, 0) is 0 Å². The van der Waals surface area contributed by atoms with Crippen LogP contribution in [-0.4, -0.2) is 25.0 Å². The van der Waals surface area contributed by atoms with Crippen LogP contribution in [0.5, 0.6) is 0 Å². The van der Waals surface area contributed by atoms with Gasteiger partial charge in [0.05, 0.1) is 0 Å². The molecule has 0 unspecified atom stereocenters. The summed E-state index contributed by atoms with van der Waals surface area (Å²) in [7, 11) is 2.22. The Bertz CT molecular complexity index is 230. The summed E-state index contributed by atoms with van der Waals surface area (Å²) < 4.78 is 0. The van der Waals surface area contributed by atoms with E-state index in [4.69, 9.17) is 0 Å². The van der Waals surface area contributed by atoms with Gasteiger partial charge in [0.15, 0.2) is 0 Å². The topological polar surface area (TPSA) is 3.24 Å². The Morgan fingerprint density at radius 2 is 1.79 bits per heavy atom. The number of hydrogen-bond acceptors (Lipinski definition) is 1. The molecule has 1 aliphatic heterocycles. The molecule has 0 fully saturated rings. The maximum atomic E-state index is 2.44. The molecule has 82 valence electrons. The second-order valence-electron chi connectivity index (χ2n) is 5.90. The summed E-state index contributed by atoms with van der Waals surface area (Å²) in [5.74, 6) is 0.701. The molecule has 0 saturated carbocycles. The molecular formula is C13H25N. The van der Waals surface area contributed by atoms with Gasteiger partial charge in [-0.1, -0.05) is 45.8 Å². The molecule has 1 heterocycles. The molecule has 1 aliphatic rings. The molecule has 0 aromatic rings. The number of nitrogens with zero attached hydrogens (tertiary/aromatic N) is 1. The molecule has 0 N–H and O–H groups in total. The van der Waals surface area contributed by atoms with Gasteiger partial charge in [0.25, 0.3) is 0 Å². The van der Waals surface area contributed by atoms with Crippen LogP contribution < -0.4 is 0 Å². The Kier molecular flexibility index (Phi) is 3.41. The van der Waals surface area contributed by atoms with E-state index < -0.39 is 0 Å². The van der Waals surface area contributed by atoms with Gasteiger partial charge >= 0.3 is 0 Å². The second-order valence-corrected chi connectivity index (χ2v) is 5.90. The van der Waals surface area contributed by atoms with Crippen molar-refractivity contribution < 1.29 is 0 Å². The van der Waals surface area contributed by atoms with Crippen molar-refractivity contribution in [3.63, 3.8) is 0 Å². The molecule has 14 heavy (non-hydrogen) atoms. The quantitative estimate of drug-likeness (QED) is 0.580. The zero-order valence-electron chi connectivity index (χ0n) is 10.6. The smallest absolute Gasteiger partial charge is 0.0195 e. The van der Waals surface area contributed by atoms with E-state index in [0.717, 1.165) is 0 Å². The maximum absolute atomic E-state index is 2.44. The SMILES string of the molecule is CC(C)C1=C(C(C)(C)C)CCN(C)C1. The van der Waals surface area contributed by atoms with E-state index in [0.29, 0.717) is 11.3 Å². The van der Waals surface area contributed by atoms with Crippen molar-refractivity contribution in [2.75, 3.05) is 20.1 Å². The third kappa shape index (κ3) is 2.60. The third-order valence-electron chi connectivity index (χ3n) is 3.17. The van der Waals surface area contributed by atoms with E-state index in [9.17, 15) is 0 Å². The first-order valence-corrected chi connectivity index (χ1v) is 5.73. The van der Waals surface area contributed by atoms with E-state index in [1.165, 1.54) is 19.5 Å². The lowest BCUT2D eigenvalue weighted by atomic mass is 9.77. The highest BCUT2D eigenvalue weighted by atomic mass is 15.1. The first-order valence-electron chi connectivity index (χ1n) is 5.73. The summed E-state index contributed by atoms with van der Waals surface area (Å²) in [4.78, 5) is 2.44. The van der Waals surface area contributed by atoms with Gasteiger partial charge in [0, 0.05) is 13.1 Å². The zero-order chi connectivity index (χ0) is 10.9. The number of likely N-dealkylation sites (N-methyl/N-ethyl adjacent to an activating group) is 1. The zero-order valence-corrected chi connectivity index (χ0v) is 10.6. The molecule has 0 amide bonds. The summed E-state index contributed by atoms with van der Waals surface area (Å²) in [6, 6.07) is 0. The van der Waals surface area contributed by atoms with E-state index in [1.807, 2.05) is 0 Å². The fourth-order valence-electron chi connectivity index (χ4n) is 2.32. The van der Waals surface area contributed by atoms with Crippen LogP contribution >= 0.6 is 0 Å². The van der Waals surface area contributed by atoms with Crippen molar-refractivity contribution in [1.82, 2.24) is 4.90 Å². The molecule has 0 aromatic carbocycles. The fraction of sp³-hybridized carbons (Fsp3) is 0.846. The largest absolute Gasteiger partial charge is 0.302 e. The molecule has 0 bridgehead atoms. The maximum Gasteiger partial charge on any atom is 0.0195 e. The van der Waals surface area contributed by atoms with Crippen molar-refractivity contribution in [1.29, 1.82) is 0 Å². The van der Waals surface area contributed by atoms with Crippen molar-refractivity contribution in [3.8, 4) is 0 Å². The van der Waals surface area contributed by atoms with Crippen LogP contribution in [0.1, 0.15) is 41.0 Å². The van der Waals surface area contributed by atoms with Crippen LogP contribution in [0.25, 0.3) is 0 Å². The van der Waals surface area contributed by atoms with Crippen LogP contribution in [0.3, 0.4) is 0 Å². The van der Waals surface area contributed by atoms with Crippen LogP contribution in [0.4, 0.5) is 0 Å². The number of rotatable bonds is 1. The monoisotopic (exact) mass is 195 g/mol. The minimum Gasteiger partial charge on any atom is -0.302 e. The summed E-state index contributed by atoms with van der Waals surface area (Å²) in [5, 5.41) is 0. The van der Waals surface area contributed by atoms with Crippen LogP contribution in [0.2, 0.25) is 0 Å². The Labute approximate surface area is 89.2 Å². The molecule has 1 nitrogen and oxygen atoms in total. The Hall–Kier alpha value is -0.300. The standard InChI is InChI=1S/C13H25N/c1-10(2)11-9-14(6)8-7-12(11)13(3,4)5/h10H,7-9H2,1-6H3. The van der Waals surface area contributed by atoms with Gasteiger partial charge in [-0.25, -0.2) is 0 Å². The highest BCUT2D eigenvalue weighted by molar-refractivity contribution is 5.25. The summed E-state index contributed by atoms with van der Waals surface area (Å²) >= 11 is 0. The van der Waals surface area contributed by atoms with E-state index >= 15 is 0 Å². The van der Waals surface area contributed by atoms with Crippen molar-refractivity contribution >= 4 is 0 Å². The fourth-order valence-corrected chi connectivity index (χ4v) is 2.32. The van der Waals surface area contributed by atoms with Crippen molar-refractivity contribution in [2.24, 2.45) is 11.3 Å².